The second-order valence-electron chi connectivity index (χ2n) is 8.04. The lowest BCUT2D eigenvalue weighted by molar-refractivity contribution is -0.119. The smallest absolute Gasteiger partial charge is 0.356 e. The number of hydrogen-bond donors (Lipinski definition) is 2. The highest BCUT2D eigenvalue weighted by atomic mass is 16.5. The van der Waals surface area contributed by atoms with Gasteiger partial charge in [0.25, 0.3) is 0 Å². The largest absolute Gasteiger partial charge is 0.497 e. The lowest BCUT2D eigenvalue weighted by atomic mass is 10.1. The molecule has 0 unspecified atom stereocenters. The number of aromatic nitrogens is 2. The monoisotopic (exact) mass is 484 g/mol. The first kappa shape index (κ1) is 26.0. The normalized spacial score (nSPS) is 11.8. The Kier molecular flexibility index (Phi) is 9.04. The second kappa shape index (κ2) is 12.2. The lowest BCUT2D eigenvalue weighted by Crippen LogP contribution is -2.21. The van der Waals surface area contributed by atoms with E-state index in [1.165, 1.54) is 14.2 Å². The Morgan fingerprint density at radius 2 is 1.83 bits per heavy atom. The van der Waals surface area contributed by atoms with Gasteiger partial charge in [-0.2, -0.15) is 0 Å². The zero-order valence-corrected chi connectivity index (χ0v) is 20.7. The number of rotatable bonds is 12. The summed E-state index contributed by atoms with van der Waals surface area (Å²) < 4.78 is 22.2. The van der Waals surface area contributed by atoms with Crippen LogP contribution in [0.2, 0.25) is 0 Å². The molecular weight excluding hydrogens is 452 g/mol. The lowest BCUT2D eigenvalue weighted by Gasteiger charge is -2.14. The van der Waals surface area contributed by atoms with E-state index in [0.29, 0.717) is 36.3 Å². The van der Waals surface area contributed by atoms with Crippen molar-refractivity contribution in [3.8, 4) is 5.75 Å². The molecule has 0 aliphatic carbocycles. The highest BCUT2D eigenvalue weighted by Crippen LogP contribution is 2.33. The fourth-order valence-electron chi connectivity index (χ4n) is 3.87. The number of benzene rings is 1. The Bertz CT molecular complexity index is 1160. The van der Waals surface area contributed by atoms with Crippen LogP contribution in [-0.2, 0) is 32.0 Å². The number of nitrogens with one attached hydrogen (secondary N) is 2. The summed E-state index contributed by atoms with van der Waals surface area (Å²) in [7, 11) is 5.99. The number of nitrogens with zero attached hydrogens (tertiary/aromatic N) is 2. The third kappa shape index (κ3) is 6.28. The molecule has 0 fully saturated rings. The molecule has 1 atom stereocenters. The fourth-order valence-corrected chi connectivity index (χ4v) is 3.87. The first-order valence-electron chi connectivity index (χ1n) is 11.2. The van der Waals surface area contributed by atoms with Crippen molar-refractivity contribution in [2.45, 2.75) is 25.9 Å². The Labute approximate surface area is 204 Å². The van der Waals surface area contributed by atoms with E-state index in [9.17, 15) is 9.59 Å². The SMILES string of the molecule is COCC(=O)Nc1c(C(=O)OC)n(CCc2ccc(OC)cc2)c2ncc(N[C@@H](C)COC)cc12. The Morgan fingerprint density at radius 1 is 1.09 bits per heavy atom. The molecule has 1 amide bonds. The summed E-state index contributed by atoms with van der Waals surface area (Å²) in [5.74, 6) is -0.200. The van der Waals surface area contributed by atoms with Crippen molar-refractivity contribution in [2.24, 2.45) is 0 Å². The van der Waals surface area contributed by atoms with Crippen LogP contribution >= 0.6 is 0 Å². The van der Waals surface area contributed by atoms with E-state index in [-0.39, 0.29) is 18.3 Å². The van der Waals surface area contributed by atoms with Crippen molar-refractivity contribution >= 4 is 34.3 Å². The van der Waals surface area contributed by atoms with Crippen LogP contribution in [0, 0.1) is 0 Å². The van der Waals surface area contributed by atoms with Crippen LogP contribution in [0.3, 0.4) is 0 Å². The van der Waals surface area contributed by atoms with E-state index >= 15 is 0 Å². The molecule has 0 bridgehead atoms. The van der Waals surface area contributed by atoms with E-state index in [4.69, 9.17) is 18.9 Å². The molecule has 2 N–H and O–H groups in total. The zero-order chi connectivity index (χ0) is 25.4. The molecule has 1 aromatic carbocycles. The predicted molar refractivity (Wildman–Crippen MR) is 133 cm³/mol. The first-order valence-corrected chi connectivity index (χ1v) is 11.2. The fraction of sp³-hybridized carbons (Fsp3) is 0.400. The minimum absolute atomic E-state index is 0.0306. The summed E-state index contributed by atoms with van der Waals surface area (Å²) >= 11 is 0. The molecule has 3 rings (SSSR count). The maximum Gasteiger partial charge on any atom is 0.356 e. The molecule has 10 heteroatoms. The quantitative estimate of drug-likeness (QED) is 0.377. The molecule has 0 saturated heterocycles. The number of ether oxygens (including phenoxy) is 4. The molecule has 0 aliphatic heterocycles. The van der Waals surface area contributed by atoms with Gasteiger partial charge in [-0.3, -0.25) is 4.79 Å². The molecular formula is C25H32N4O6. The number of methoxy groups -OCH3 is 4. The highest BCUT2D eigenvalue weighted by Gasteiger charge is 2.26. The standard InChI is InChI=1S/C25H32N4O6/c1-16(14-32-2)27-18-12-20-22(28-21(30)15-33-3)23(25(31)35-5)29(24(20)26-13-18)11-10-17-6-8-19(34-4)9-7-17/h6-9,12-13,16,27H,10-11,14-15H2,1-5H3,(H,28,30)/t16-/m0/s1. The Balaban J connectivity index is 2.07. The molecule has 3 aromatic rings. The summed E-state index contributed by atoms with van der Waals surface area (Å²) in [5.41, 5.74) is 2.89. The van der Waals surface area contributed by atoms with Crippen LogP contribution in [0.4, 0.5) is 11.4 Å². The average Bonchev–Trinajstić information content (AvgIpc) is 3.15. The van der Waals surface area contributed by atoms with E-state index in [2.05, 4.69) is 15.6 Å². The molecule has 0 aliphatic rings. The van der Waals surface area contributed by atoms with Gasteiger partial charge in [0.1, 0.15) is 18.0 Å². The Hall–Kier alpha value is -3.63. The van der Waals surface area contributed by atoms with Crippen LogP contribution in [0.5, 0.6) is 5.75 Å². The van der Waals surface area contributed by atoms with Crippen LogP contribution in [-0.4, -0.2) is 69.1 Å². The van der Waals surface area contributed by atoms with Gasteiger partial charge in [-0.1, -0.05) is 12.1 Å². The number of pyridine rings is 1. The second-order valence-corrected chi connectivity index (χ2v) is 8.04. The van der Waals surface area contributed by atoms with Gasteiger partial charge in [-0.25, -0.2) is 9.78 Å². The maximum atomic E-state index is 12.9. The molecule has 2 aromatic heterocycles. The van der Waals surface area contributed by atoms with Gasteiger partial charge in [0.15, 0.2) is 5.69 Å². The summed E-state index contributed by atoms with van der Waals surface area (Å²) in [6.45, 7) is 2.77. The number of carbonyl (C=O) groups is 2. The van der Waals surface area contributed by atoms with Crippen molar-refractivity contribution in [1.82, 2.24) is 9.55 Å². The average molecular weight is 485 g/mol. The van der Waals surface area contributed by atoms with Crippen LogP contribution in [0.15, 0.2) is 36.5 Å². The summed E-state index contributed by atoms with van der Waals surface area (Å²) in [6.07, 6.45) is 2.32. The molecule has 35 heavy (non-hydrogen) atoms. The molecule has 0 spiro atoms. The van der Waals surface area contributed by atoms with Crippen LogP contribution in [0.1, 0.15) is 23.0 Å². The number of aryl methyl sites for hydroxylation is 2. The topological polar surface area (TPSA) is 113 Å². The van der Waals surface area contributed by atoms with Crippen LogP contribution in [0.25, 0.3) is 11.0 Å². The third-order valence-electron chi connectivity index (χ3n) is 5.43. The minimum atomic E-state index is -0.576. The van der Waals surface area contributed by atoms with Crippen molar-refractivity contribution < 1.29 is 28.5 Å². The maximum absolute atomic E-state index is 12.9. The van der Waals surface area contributed by atoms with Crippen LogP contribution < -0.4 is 15.4 Å². The zero-order valence-electron chi connectivity index (χ0n) is 20.7. The van der Waals surface area contributed by atoms with Gasteiger partial charge in [-0.15, -0.1) is 0 Å². The molecule has 0 saturated carbocycles. The molecule has 10 nitrogen and oxygen atoms in total. The van der Waals surface area contributed by atoms with E-state index in [1.54, 1.807) is 25.0 Å². The van der Waals surface area contributed by atoms with Gasteiger partial charge < -0.3 is 34.1 Å². The van der Waals surface area contributed by atoms with Crippen molar-refractivity contribution in [2.75, 3.05) is 52.3 Å². The Morgan fingerprint density at radius 3 is 2.46 bits per heavy atom. The van der Waals surface area contributed by atoms with Gasteiger partial charge in [0, 0.05) is 32.2 Å². The number of carbonyl (C=O) groups excluding carboxylic acids is 2. The molecule has 0 radical (unpaired) electrons. The number of amides is 1. The third-order valence-corrected chi connectivity index (χ3v) is 5.43. The summed E-state index contributed by atoms with van der Waals surface area (Å²) in [4.78, 5) is 30.0. The van der Waals surface area contributed by atoms with Crippen molar-refractivity contribution in [1.29, 1.82) is 0 Å². The molecule has 188 valence electrons. The van der Waals surface area contributed by atoms with Gasteiger partial charge in [0.2, 0.25) is 5.91 Å². The van der Waals surface area contributed by atoms with Crippen molar-refractivity contribution in [3.63, 3.8) is 0 Å². The number of fused-ring (bicyclic) bond motifs is 1. The number of hydrogen-bond acceptors (Lipinski definition) is 8. The first-order chi connectivity index (χ1) is 16.9. The van der Waals surface area contributed by atoms with Gasteiger partial charge >= 0.3 is 5.97 Å². The van der Waals surface area contributed by atoms with Crippen molar-refractivity contribution in [3.05, 3.63) is 47.8 Å². The van der Waals surface area contributed by atoms with E-state index in [1.807, 2.05) is 37.3 Å². The summed E-state index contributed by atoms with van der Waals surface area (Å²) in [6, 6.07) is 9.60. The van der Waals surface area contributed by atoms with Gasteiger partial charge in [-0.05, 0) is 37.1 Å². The summed E-state index contributed by atoms with van der Waals surface area (Å²) in [5, 5.41) is 6.74. The van der Waals surface area contributed by atoms with E-state index < -0.39 is 11.9 Å². The highest BCUT2D eigenvalue weighted by molar-refractivity contribution is 6.11. The number of anilines is 2. The predicted octanol–water partition coefficient (Wildman–Crippen LogP) is 3.11. The van der Waals surface area contributed by atoms with Gasteiger partial charge in [0.05, 0.1) is 38.4 Å². The minimum Gasteiger partial charge on any atom is -0.497 e. The van der Waals surface area contributed by atoms with E-state index in [0.717, 1.165) is 17.0 Å². The molecule has 2 heterocycles. The number of esters is 1.